The van der Waals surface area contributed by atoms with Crippen LogP contribution in [-0.2, 0) is 0 Å². The molecule has 2 saturated heterocycles. The minimum Gasteiger partial charge on any atom is -0.378 e. The van der Waals surface area contributed by atoms with Crippen LogP contribution in [0.15, 0.2) is 42.5 Å². The van der Waals surface area contributed by atoms with Gasteiger partial charge >= 0.3 is 0 Å². The molecule has 34 heavy (non-hydrogen) atoms. The second-order valence-electron chi connectivity index (χ2n) is 9.94. The van der Waals surface area contributed by atoms with Crippen LogP contribution >= 0.6 is 0 Å². The van der Waals surface area contributed by atoms with Crippen LogP contribution in [0.25, 0.3) is 10.9 Å². The van der Waals surface area contributed by atoms with E-state index in [1.54, 1.807) is 5.56 Å². The third-order valence-corrected chi connectivity index (χ3v) is 7.50. The van der Waals surface area contributed by atoms with Gasteiger partial charge in [0.2, 0.25) is 0 Å². The largest absolute Gasteiger partial charge is 0.378 e. The molecule has 0 N–H and O–H groups in total. The molecular formula is C29H39N5. The van der Waals surface area contributed by atoms with Crippen molar-refractivity contribution in [3.05, 3.63) is 53.9 Å². The van der Waals surface area contributed by atoms with Crippen molar-refractivity contribution >= 4 is 28.1 Å². The third-order valence-electron chi connectivity index (χ3n) is 7.50. The fraction of sp³-hybridized carbons (Fsp3) is 0.517. The highest BCUT2D eigenvalue weighted by Gasteiger charge is 2.30. The molecule has 1 saturated carbocycles. The van der Waals surface area contributed by atoms with E-state index in [0.29, 0.717) is 11.8 Å². The number of para-hydroxylation sites is 1. The van der Waals surface area contributed by atoms with Gasteiger partial charge in [-0.1, -0.05) is 32.0 Å². The molecule has 0 atom stereocenters. The molecule has 0 bridgehead atoms. The zero-order valence-corrected chi connectivity index (χ0v) is 21.3. The summed E-state index contributed by atoms with van der Waals surface area (Å²) in [5, 5.41) is 1.19. The molecule has 0 amide bonds. The third kappa shape index (κ3) is 4.45. The SMILES string of the molecule is CC.CN(C)c1ccc2nc(C3CC3)nc(N3CCC(c4ccccc4N4CCC4)CC3)c2c1. The average Bonchev–Trinajstić information content (AvgIpc) is 3.69. The van der Waals surface area contributed by atoms with Crippen molar-refractivity contribution in [2.75, 3.05) is 55.0 Å². The summed E-state index contributed by atoms with van der Waals surface area (Å²) in [6.45, 7) is 8.53. The first-order chi connectivity index (χ1) is 16.7. The highest BCUT2D eigenvalue weighted by atomic mass is 15.2. The number of hydrogen-bond acceptors (Lipinski definition) is 5. The van der Waals surface area contributed by atoms with Gasteiger partial charge in [-0.05, 0) is 67.9 Å². The van der Waals surface area contributed by atoms with Gasteiger partial charge in [0.1, 0.15) is 11.6 Å². The standard InChI is InChI=1S/C27H33N5.C2H6/c1-30(2)21-10-11-24-23(18-21)27(29-26(28-24)20-8-9-20)32-16-12-19(13-17-32)22-6-3-4-7-25(22)31-14-5-15-31;1-2/h3-4,6-7,10-11,18-20H,5,8-9,12-17H2,1-2H3;1-2H3. The van der Waals surface area contributed by atoms with Gasteiger partial charge in [0.15, 0.2) is 0 Å². The number of fused-ring (bicyclic) bond motifs is 1. The monoisotopic (exact) mass is 457 g/mol. The molecule has 5 nitrogen and oxygen atoms in total. The van der Waals surface area contributed by atoms with Gasteiger partial charge in [0, 0.05) is 63.0 Å². The topological polar surface area (TPSA) is 35.5 Å². The number of anilines is 3. The van der Waals surface area contributed by atoms with Crippen LogP contribution in [0.4, 0.5) is 17.2 Å². The molecule has 0 radical (unpaired) electrons. The average molecular weight is 458 g/mol. The number of benzene rings is 2. The molecule has 2 aromatic carbocycles. The molecule has 6 rings (SSSR count). The Kier molecular flexibility index (Phi) is 6.62. The predicted molar refractivity (Wildman–Crippen MR) is 145 cm³/mol. The summed E-state index contributed by atoms with van der Waals surface area (Å²) >= 11 is 0. The normalized spacial score (nSPS) is 18.4. The minimum absolute atomic E-state index is 0.563. The minimum atomic E-state index is 0.563. The van der Waals surface area contributed by atoms with Gasteiger partial charge in [0.05, 0.1) is 5.52 Å². The van der Waals surface area contributed by atoms with Crippen LogP contribution < -0.4 is 14.7 Å². The number of hydrogen-bond donors (Lipinski definition) is 0. The number of piperidine rings is 1. The first-order valence-electron chi connectivity index (χ1n) is 13.3. The summed E-state index contributed by atoms with van der Waals surface area (Å²) in [6, 6.07) is 15.7. The molecule has 2 aliphatic heterocycles. The van der Waals surface area contributed by atoms with E-state index in [4.69, 9.17) is 9.97 Å². The Hall–Kier alpha value is -2.82. The van der Waals surface area contributed by atoms with Crippen molar-refractivity contribution in [1.29, 1.82) is 0 Å². The Balaban J connectivity index is 0.00000117. The first kappa shape index (κ1) is 22.9. The number of rotatable bonds is 5. The fourth-order valence-electron chi connectivity index (χ4n) is 5.24. The van der Waals surface area contributed by atoms with Crippen LogP contribution in [0.1, 0.15) is 69.2 Å². The second-order valence-corrected chi connectivity index (χ2v) is 9.94. The van der Waals surface area contributed by atoms with Crippen LogP contribution in [0.3, 0.4) is 0 Å². The van der Waals surface area contributed by atoms with Gasteiger partial charge in [-0.15, -0.1) is 0 Å². The smallest absolute Gasteiger partial charge is 0.140 e. The van der Waals surface area contributed by atoms with E-state index in [0.717, 1.165) is 30.2 Å². The lowest BCUT2D eigenvalue weighted by molar-refractivity contribution is 0.499. The Morgan fingerprint density at radius 2 is 1.53 bits per heavy atom. The molecule has 1 aliphatic carbocycles. The Morgan fingerprint density at radius 1 is 0.794 bits per heavy atom. The van der Waals surface area contributed by atoms with E-state index >= 15 is 0 Å². The summed E-state index contributed by atoms with van der Waals surface area (Å²) in [5.41, 5.74) is 5.32. The highest BCUT2D eigenvalue weighted by Crippen LogP contribution is 2.42. The molecule has 0 unspecified atom stereocenters. The van der Waals surface area contributed by atoms with Crippen LogP contribution in [0, 0.1) is 0 Å². The molecule has 3 aliphatic rings. The van der Waals surface area contributed by atoms with Gasteiger partial charge in [-0.3, -0.25) is 0 Å². The molecule has 5 heteroatoms. The van der Waals surface area contributed by atoms with Crippen molar-refractivity contribution in [1.82, 2.24) is 9.97 Å². The van der Waals surface area contributed by atoms with E-state index in [2.05, 4.69) is 71.3 Å². The van der Waals surface area contributed by atoms with Crippen LogP contribution in [-0.4, -0.2) is 50.2 Å². The molecule has 3 heterocycles. The molecule has 3 fully saturated rings. The first-order valence-corrected chi connectivity index (χ1v) is 13.3. The van der Waals surface area contributed by atoms with Crippen LogP contribution in [0.2, 0.25) is 0 Å². The summed E-state index contributed by atoms with van der Waals surface area (Å²) in [5.74, 6) is 3.40. The molecule has 180 valence electrons. The number of aromatic nitrogens is 2. The van der Waals surface area contributed by atoms with E-state index in [1.165, 1.54) is 62.0 Å². The van der Waals surface area contributed by atoms with Crippen LogP contribution in [0.5, 0.6) is 0 Å². The summed E-state index contributed by atoms with van der Waals surface area (Å²) in [7, 11) is 4.20. The lowest BCUT2D eigenvalue weighted by Crippen LogP contribution is -2.39. The predicted octanol–water partition coefficient (Wildman–Crippen LogP) is 6.19. The Morgan fingerprint density at radius 3 is 2.18 bits per heavy atom. The van der Waals surface area contributed by atoms with Gasteiger partial charge in [0.25, 0.3) is 0 Å². The van der Waals surface area contributed by atoms with Crippen molar-refractivity contribution in [3.63, 3.8) is 0 Å². The maximum atomic E-state index is 5.14. The number of nitrogens with zero attached hydrogens (tertiary/aromatic N) is 5. The second kappa shape index (κ2) is 9.81. The van der Waals surface area contributed by atoms with E-state index in [9.17, 15) is 0 Å². The van der Waals surface area contributed by atoms with Crippen molar-refractivity contribution in [2.24, 2.45) is 0 Å². The molecule has 3 aromatic rings. The molecule has 0 spiro atoms. The summed E-state index contributed by atoms with van der Waals surface area (Å²) in [4.78, 5) is 17.3. The summed E-state index contributed by atoms with van der Waals surface area (Å²) < 4.78 is 0. The van der Waals surface area contributed by atoms with E-state index in [1.807, 2.05) is 13.8 Å². The summed E-state index contributed by atoms with van der Waals surface area (Å²) in [6.07, 6.45) is 6.16. The highest BCUT2D eigenvalue weighted by molar-refractivity contribution is 5.92. The maximum Gasteiger partial charge on any atom is 0.140 e. The van der Waals surface area contributed by atoms with Gasteiger partial charge in [-0.2, -0.15) is 0 Å². The van der Waals surface area contributed by atoms with E-state index in [-0.39, 0.29) is 0 Å². The van der Waals surface area contributed by atoms with Crippen molar-refractivity contribution in [3.8, 4) is 0 Å². The lowest BCUT2D eigenvalue weighted by atomic mass is 9.87. The van der Waals surface area contributed by atoms with Gasteiger partial charge < -0.3 is 14.7 Å². The molecule has 1 aromatic heterocycles. The molecular weight excluding hydrogens is 418 g/mol. The quantitative estimate of drug-likeness (QED) is 0.456. The fourth-order valence-corrected chi connectivity index (χ4v) is 5.24. The zero-order valence-electron chi connectivity index (χ0n) is 21.3. The lowest BCUT2D eigenvalue weighted by Gasteiger charge is -2.39. The Bertz CT molecular complexity index is 1120. The zero-order chi connectivity index (χ0) is 23.7. The van der Waals surface area contributed by atoms with Crippen molar-refractivity contribution in [2.45, 2.75) is 57.8 Å². The maximum absolute atomic E-state index is 5.14. The van der Waals surface area contributed by atoms with Gasteiger partial charge in [-0.25, -0.2) is 9.97 Å². The van der Waals surface area contributed by atoms with E-state index < -0.39 is 0 Å². The Labute approximate surface area is 204 Å². The van der Waals surface area contributed by atoms with Crippen molar-refractivity contribution < 1.29 is 0 Å².